The van der Waals surface area contributed by atoms with Gasteiger partial charge in [-0.15, -0.1) is 0 Å². The fourth-order valence-electron chi connectivity index (χ4n) is 2.90. The number of amides is 2. The summed E-state index contributed by atoms with van der Waals surface area (Å²) in [5.74, 6) is 0.771. The maximum absolute atomic E-state index is 12.3. The Kier molecular flexibility index (Phi) is 5.92. The number of thioether (sulfide) groups is 1. The summed E-state index contributed by atoms with van der Waals surface area (Å²) >= 11 is 1.49. The van der Waals surface area contributed by atoms with Gasteiger partial charge in [-0.05, 0) is 23.6 Å². The number of rotatable bonds is 7. The Balaban J connectivity index is 1.49. The fourth-order valence-corrected chi connectivity index (χ4v) is 3.54. The van der Waals surface area contributed by atoms with E-state index in [0.717, 1.165) is 10.8 Å². The number of benzene rings is 1. The maximum atomic E-state index is 12.3. The summed E-state index contributed by atoms with van der Waals surface area (Å²) in [5.41, 5.74) is 2.09. The molecule has 2 amide bonds. The van der Waals surface area contributed by atoms with Gasteiger partial charge in [0, 0.05) is 31.0 Å². The first-order valence-electron chi connectivity index (χ1n) is 8.71. The predicted octanol–water partition coefficient (Wildman–Crippen LogP) is 2.19. The zero-order chi connectivity index (χ0) is 18.5. The lowest BCUT2D eigenvalue weighted by molar-refractivity contribution is -0.126. The molecular formula is C18H23N5O2S. The van der Waals surface area contributed by atoms with Gasteiger partial charge >= 0.3 is 0 Å². The lowest BCUT2D eigenvalue weighted by Crippen LogP contribution is -2.34. The highest BCUT2D eigenvalue weighted by Crippen LogP contribution is 2.27. The van der Waals surface area contributed by atoms with E-state index in [0.29, 0.717) is 24.8 Å². The first-order valence-corrected chi connectivity index (χ1v) is 9.69. The summed E-state index contributed by atoms with van der Waals surface area (Å²) in [6.07, 6.45) is 1.71. The summed E-state index contributed by atoms with van der Waals surface area (Å²) in [4.78, 5) is 30.4. The number of carbonyl (C=O) groups excluding carboxylic acids is 2. The third-order valence-electron chi connectivity index (χ3n) is 4.40. The molecule has 26 heavy (non-hydrogen) atoms. The lowest BCUT2D eigenvalue weighted by atomic mass is 10.0. The van der Waals surface area contributed by atoms with Gasteiger partial charge in [0.05, 0.1) is 5.92 Å². The van der Waals surface area contributed by atoms with Crippen molar-refractivity contribution < 1.29 is 9.59 Å². The van der Waals surface area contributed by atoms with Crippen LogP contribution < -0.4 is 10.2 Å². The van der Waals surface area contributed by atoms with Gasteiger partial charge in [-0.1, -0.05) is 37.7 Å². The molecule has 7 nitrogen and oxygen atoms in total. The predicted molar refractivity (Wildman–Crippen MR) is 101 cm³/mol. The summed E-state index contributed by atoms with van der Waals surface area (Å²) in [5, 5.41) is 10.2. The number of aromatic nitrogens is 3. The zero-order valence-electron chi connectivity index (χ0n) is 14.9. The van der Waals surface area contributed by atoms with E-state index in [9.17, 15) is 9.59 Å². The first kappa shape index (κ1) is 18.4. The van der Waals surface area contributed by atoms with Crippen LogP contribution in [0.2, 0.25) is 0 Å². The molecule has 2 N–H and O–H groups in total. The third kappa shape index (κ3) is 4.43. The van der Waals surface area contributed by atoms with E-state index in [-0.39, 0.29) is 24.2 Å². The standard InChI is InChI=1S/C18H23N5O2S/c1-12(2)13-3-5-15(6-4-13)23-10-14(9-16(23)24)17(25)19-7-8-26-18-20-11-21-22-18/h3-6,11-12,14H,7-10H2,1-2H3,(H,19,25)(H,20,21,22). The summed E-state index contributed by atoms with van der Waals surface area (Å²) < 4.78 is 0. The van der Waals surface area contributed by atoms with Crippen molar-refractivity contribution in [1.82, 2.24) is 20.5 Å². The van der Waals surface area contributed by atoms with Gasteiger partial charge in [-0.25, -0.2) is 4.98 Å². The molecular weight excluding hydrogens is 350 g/mol. The van der Waals surface area contributed by atoms with Crippen molar-refractivity contribution in [2.24, 2.45) is 5.92 Å². The monoisotopic (exact) mass is 373 g/mol. The zero-order valence-corrected chi connectivity index (χ0v) is 15.8. The highest BCUT2D eigenvalue weighted by Gasteiger charge is 2.34. The first-order chi connectivity index (χ1) is 12.5. The van der Waals surface area contributed by atoms with E-state index in [1.165, 1.54) is 23.7 Å². The van der Waals surface area contributed by atoms with Crippen molar-refractivity contribution in [1.29, 1.82) is 0 Å². The molecule has 1 aliphatic rings. The van der Waals surface area contributed by atoms with Crippen LogP contribution in [0, 0.1) is 5.92 Å². The highest BCUT2D eigenvalue weighted by molar-refractivity contribution is 7.99. The van der Waals surface area contributed by atoms with Gasteiger partial charge in [0.25, 0.3) is 0 Å². The van der Waals surface area contributed by atoms with Crippen molar-refractivity contribution in [2.75, 3.05) is 23.7 Å². The average Bonchev–Trinajstić information content (AvgIpc) is 3.28. The maximum Gasteiger partial charge on any atom is 0.227 e. The molecule has 1 saturated heterocycles. The second-order valence-corrected chi connectivity index (χ2v) is 7.67. The molecule has 8 heteroatoms. The highest BCUT2D eigenvalue weighted by atomic mass is 32.2. The minimum absolute atomic E-state index is 0.00141. The smallest absolute Gasteiger partial charge is 0.227 e. The fraction of sp³-hybridized carbons (Fsp3) is 0.444. The molecule has 2 aromatic rings. The number of anilines is 1. The van der Waals surface area contributed by atoms with Crippen molar-refractivity contribution >= 4 is 29.3 Å². The number of hydrogen-bond acceptors (Lipinski definition) is 5. The van der Waals surface area contributed by atoms with Crippen molar-refractivity contribution in [3.8, 4) is 0 Å². The average molecular weight is 373 g/mol. The quantitative estimate of drug-likeness (QED) is 0.573. The minimum atomic E-state index is -0.303. The summed E-state index contributed by atoms with van der Waals surface area (Å²) in [6, 6.07) is 8.01. The van der Waals surface area contributed by atoms with Crippen LogP contribution in [0.25, 0.3) is 0 Å². The Hall–Kier alpha value is -2.35. The number of hydrogen-bond donors (Lipinski definition) is 2. The van der Waals surface area contributed by atoms with Crippen LogP contribution in [0.1, 0.15) is 31.7 Å². The molecule has 1 aromatic heterocycles. The SMILES string of the molecule is CC(C)c1ccc(N2CC(C(=O)NCCSc3ncn[nH]3)CC2=O)cc1. The van der Waals surface area contributed by atoms with Crippen LogP contribution >= 0.6 is 11.8 Å². The van der Waals surface area contributed by atoms with Gasteiger partial charge in [0.1, 0.15) is 6.33 Å². The Labute approximate surface area is 157 Å². The number of nitrogens with zero attached hydrogens (tertiary/aromatic N) is 3. The van der Waals surface area contributed by atoms with Crippen LogP contribution in [-0.4, -0.2) is 45.8 Å². The molecule has 3 rings (SSSR count). The molecule has 1 aromatic carbocycles. The van der Waals surface area contributed by atoms with E-state index in [1.54, 1.807) is 4.90 Å². The minimum Gasteiger partial charge on any atom is -0.355 e. The molecule has 1 unspecified atom stereocenters. The summed E-state index contributed by atoms with van der Waals surface area (Å²) in [7, 11) is 0. The van der Waals surface area contributed by atoms with Crippen LogP contribution in [0.3, 0.4) is 0 Å². The van der Waals surface area contributed by atoms with E-state index >= 15 is 0 Å². The molecule has 0 radical (unpaired) electrons. The normalized spacial score (nSPS) is 17.1. The Morgan fingerprint density at radius 2 is 2.15 bits per heavy atom. The Morgan fingerprint density at radius 1 is 1.38 bits per heavy atom. The topological polar surface area (TPSA) is 91.0 Å². The molecule has 138 valence electrons. The summed E-state index contributed by atoms with van der Waals surface area (Å²) in [6.45, 7) is 5.23. The molecule has 0 bridgehead atoms. The van der Waals surface area contributed by atoms with Crippen molar-refractivity contribution in [3.05, 3.63) is 36.2 Å². The molecule has 0 aliphatic carbocycles. The Morgan fingerprint density at radius 3 is 2.81 bits per heavy atom. The largest absolute Gasteiger partial charge is 0.355 e. The molecule has 0 saturated carbocycles. The third-order valence-corrected chi connectivity index (χ3v) is 5.28. The lowest BCUT2D eigenvalue weighted by Gasteiger charge is -2.17. The van der Waals surface area contributed by atoms with E-state index in [1.807, 2.05) is 24.3 Å². The number of carbonyl (C=O) groups is 2. The van der Waals surface area contributed by atoms with Crippen molar-refractivity contribution in [3.63, 3.8) is 0 Å². The van der Waals surface area contributed by atoms with E-state index in [4.69, 9.17) is 0 Å². The second-order valence-electron chi connectivity index (χ2n) is 6.58. The van der Waals surface area contributed by atoms with Gasteiger partial charge in [0.15, 0.2) is 5.16 Å². The molecule has 1 atom stereocenters. The molecule has 2 heterocycles. The van der Waals surface area contributed by atoms with Gasteiger partial charge in [-0.2, -0.15) is 5.10 Å². The Bertz CT molecular complexity index is 745. The van der Waals surface area contributed by atoms with Gasteiger partial charge in [-0.3, -0.25) is 14.7 Å². The van der Waals surface area contributed by atoms with Crippen molar-refractivity contribution in [2.45, 2.75) is 31.3 Å². The van der Waals surface area contributed by atoms with E-state index < -0.39 is 0 Å². The van der Waals surface area contributed by atoms with Crippen LogP contribution in [0.5, 0.6) is 0 Å². The van der Waals surface area contributed by atoms with Crippen LogP contribution in [0.15, 0.2) is 35.7 Å². The van der Waals surface area contributed by atoms with E-state index in [2.05, 4.69) is 34.3 Å². The number of H-pyrrole nitrogens is 1. The van der Waals surface area contributed by atoms with Crippen LogP contribution in [-0.2, 0) is 9.59 Å². The van der Waals surface area contributed by atoms with Gasteiger partial charge in [0.2, 0.25) is 11.8 Å². The molecule has 0 spiro atoms. The van der Waals surface area contributed by atoms with Crippen LogP contribution in [0.4, 0.5) is 5.69 Å². The molecule has 1 fully saturated rings. The number of nitrogens with one attached hydrogen (secondary N) is 2. The molecule has 1 aliphatic heterocycles. The second kappa shape index (κ2) is 8.35. The van der Waals surface area contributed by atoms with Gasteiger partial charge < -0.3 is 10.2 Å². The number of aromatic amines is 1.